The second kappa shape index (κ2) is 2.87. The van der Waals surface area contributed by atoms with Gasteiger partial charge >= 0.3 is 0 Å². The first kappa shape index (κ1) is 7.33. The third-order valence-electron chi connectivity index (χ3n) is 1.21. The van der Waals surface area contributed by atoms with E-state index in [2.05, 4.69) is 5.11 Å². The second-order valence-corrected chi connectivity index (χ2v) is 1.90. The van der Waals surface area contributed by atoms with E-state index in [1.807, 2.05) is 0 Å². The van der Waals surface area contributed by atoms with Crippen LogP contribution in [-0.2, 0) is 0 Å². The molecule has 5 nitrogen and oxygen atoms in total. The van der Waals surface area contributed by atoms with Crippen LogP contribution in [0.2, 0.25) is 0 Å². The first-order valence-electron chi connectivity index (χ1n) is 2.89. The van der Waals surface area contributed by atoms with Crippen molar-refractivity contribution in [2.75, 3.05) is 0 Å². The summed E-state index contributed by atoms with van der Waals surface area (Å²) in [5.74, 6) is 0. The first-order chi connectivity index (χ1) is 5.24. The van der Waals surface area contributed by atoms with Crippen molar-refractivity contribution in [1.29, 1.82) is 0 Å². The predicted molar refractivity (Wildman–Crippen MR) is 37.1 cm³/mol. The van der Waals surface area contributed by atoms with Crippen LogP contribution in [0.3, 0.4) is 0 Å². The Bertz CT molecular complexity index is 280. The molecule has 0 aliphatic carbocycles. The van der Waals surface area contributed by atoms with Gasteiger partial charge in [0.1, 0.15) is 5.69 Å². The molecule has 0 saturated carbocycles. The lowest BCUT2D eigenvalue weighted by molar-refractivity contribution is -0.384. The van der Waals surface area contributed by atoms with Gasteiger partial charge in [-0.1, -0.05) is 0 Å². The topological polar surface area (TPSA) is 81.1 Å². The van der Waals surface area contributed by atoms with Gasteiger partial charge in [-0.25, -0.2) is 0 Å². The molecule has 0 saturated heterocycles. The molecule has 0 aromatic heterocycles. The van der Waals surface area contributed by atoms with Crippen molar-refractivity contribution in [1.82, 2.24) is 0 Å². The van der Waals surface area contributed by atoms with E-state index in [9.17, 15) is 10.1 Å². The standard InChI is InChI=1S/C6H5N3O2/c7-8-5-1-3-6(4-2-5)9(10)11/h1-4,7H/p+1. The molecule has 0 fully saturated rings. The molecule has 2 N–H and O–H groups in total. The maximum absolute atomic E-state index is 10.1. The van der Waals surface area contributed by atoms with Crippen LogP contribution in [0.5, 0.6) is 0 Å². The van der Waals surface area contributed by atoms with E-state index in [4.69, 9.17) is 5.53 Å². The third-order valence-corrected chi connectivity index (χ3v) is 1.21. The minimum absolute atomic E-state index is 0.0393. The van der Waals surface area contributed by atoms with Crippen molar-refractivity contribution in [2.45, 2.75) is 0 Å². The van der Waals surface area contributed by atoms with Crippen LogP contribution in [0.25, 0.3) is 0 Å². The van der Waals surface area contributed by atoms with E-state index in [0.29, 0.717) is 5.69 Å². The lowest BCUT2D eigenvalue weighted by Gasteiger charge is -1.88. The number of nitrogens with zero attached hydrogens (tertiary/aromatic N) is 2. The van der Waals surface area contributed by atoms with Crippen LogP contribution in [0.4, 0.5) is 11.4 Å². The molecule has 11 heavy (non-hydrogen) atoms. The van der Waals surface area contributed by atoms with E-state index in [1.54, 1.807) is 0 Å². The summed E-state index contributed by atoms with van der Waals surface area (Å²) < 4.78 is 0. The fourth-order valence-corrected chi connectivity index (χ4v) is 0.660. The van der Waals surface area contributed by atoms with Crippen LogP contribution in [-0.4, -0.2) is 4.92 Å². The molecule has 1 aromatic carbocycles. The molecule has 0 unspecified atom stereocenters. The number of nitro benzene ring substituents is 1. The molecule has 0 heterocycles. The SMILES string of the molecule is [NH2+]=Nc1ccc([N+](=O)[O-])cc1. The monoisotopic (exact) mass is 152 g/mol. The lowest BCUT2D eigenvalue weighted by atomic mass is 10.3. The van der Waals surface area contributed by atoms with Crippen molar-refractivity contribution >= 4 is 11.4 Å². The average Bonchev–Trinajstić information content (AvgIpc) is 2.05. The van der Waals surface area contributed by atoms with Crippen molar-refractivity contribution in [3.8, 4) is 0 Å². The van der Waals surface area contributed by atoms with Gasteiger partial charge in [-0.05, 0) is 17.2 Å². The third kappa shape index (κ3) is 1.57. The summed E-state index contributed by atoms with van der Waals surface area (Å²) in [7, 11) is 0. The molecular formula is C6H6N3O2+. The lowest BCUT2D eigenvalue weighted by Crippen LogP contribution is -2.21. The summed E-state index contributed by atoms with van der Waals surface area (Å²) in [5.41, 5.74) is 5.49. The number of benzene rings is 1. The Morgan fingerprint density at radius 1 is 1.36 bits per heavy atom. The largest absolute Gasteiger partial charge is 0.269 e. The number of hydrogen-bond donors (Lipinski definition) is 1. The molecule has 0 aliphatic heterocycles. The van der Waals surface area contributed by atoms with Crippen molar-refractivity contribution < 1.29 is 10.5 Å². The van der Waals surface area contributed by atoms with Crippen LogP contribution in [0.1, 0.15) is 0 Å². The highest BCUT2D eigenvalue weighted by Crippen LogP contribution is 2.15. The highest BCUT2D eigenvalue weighted by Gasteiger charge is 2.02. The Morgan fingerprint density at radius 2 is 1.91 bits per heavy atom. The summed E-state index contributed by atoms with van der Waals surface area (Å²) in [6, 6.07) is 5.67. The molecule has 1 rings (SSSR count). The molecule has 0 atom stereocenters. The zero-order valence-electron chi connectivity index (χ0n) is 5.60. The van der Waals surface area contributed by atoms with Gasteiger partial charge in [-0.3, -0.25) is 10.1 Å². The maximum Gasteiger partial charge on any atom is 0.269 e. The predicted octanol–water partition coefficient (Wildman–Crippen LogP) is 0.438. The van der Waals surface area contributed by atoms with Crippen LogP contribution in [0.15, 0.2) is 29.4 Å². The van der Waals surface area contributed by atoms with Gasteiger partial charge in [0.25, 0.3) is 5.69 Å². The first-order valence-corrected chi connectivity index (χ1v) is 2.89. The number of rotatable bonds is 2. The molecular weight excluding hydrogens is 146 g/mol. The van der Waals surface area contributed by atoms with Crippen LogP contribution in [0, 0.1) is 10.1 Å². The fraction of sp³-hybridized carbons (Fsp3) is 0. The highest BCUT2D eigenvalue weighted by atomic mass is 16.6. The van der Waals surface area contributed by atoms with E-state index < -0.39 is 4.92 Å². The van der Waals surface area contributed by atoms with Crippen molar-refractivity contribution in [3.05, 3.63) is 34.4 Å². The Morgan fingerprint density at radius 3 is 2.27 bits per heavy atom. The van der Waals surface area contributed by atoms with Gasteiger partial charge in [0.05, 0.1) is 4.92 Å². The minimum Gasteiger partial charge on any atom is -0.258 e. The number of nitrogens with two attached hydrogens (primary N) is 1. The molecule has 0 aliphatic rings. The van der Waals surface area contributed by atoms with Crippen LogP contribution >= 0.6 is 0 Å². The Labute approximate surface area is 62.3 Å². The number of nitro groups is 1. The highest BCUT2D eigenvalue weighted by molar-refractivity contribution is 5.43. The maximum atomic E-state index is 10.1. The zero-order chi connectivity index (χ0) is 8.27. The van der Waals surface area contributed by atoms with Crippen LogP contribution < -0.4 is 5.53 Å². The smallest absolute Gasteiger partial charge is 0.258 e. The molecule has 0 amide bonds. The van der Waals surface area contributed by atoms with Gasteiger partial charge in [-0.15, -0.1) is 0 Å². The Kier molecular flexibility index (Phi) is 1.91. The quantitative estimate of drug-likeness (QED) is 0.379. The van der Waals surface area contributed by atoms with Gasteiger partial charge in [0.2, 0.25) is 0 Å². The van der Waals surface area contributed by atoms with Gasteiger partial charge in [0, 0.05) is 12.1 Å². The molecule has 0 bridgehead atoms. The van der Waals surface area contributed by atoms with Gasteiger partial charge in [0.15, 0.2) is 0 Å². The normalized spacial score (nSPS) is 9.09. The Balaban J connectivity index is 3.00. The molecule has 56 valence electrons. The summed E-state index contributed by atoms with van der Waals surface area (Å²) in [4.78, 5) is 9.67. The summed E-state index contributed by atoms with van der Waals surface area (Å²) in [6.45, 7) is 0. The number of hydrogen-bond acceptors (Lipinski definition) is 3. The Hall–Kier alpha value is -1.78. The number of non-ortho nitro benzene ring substituents is 1. The van der Waals surface area contributed by atoms with Crippen molar-refractivity contribution in [3.63, 3.8) is 0 Å². The second-order valence-electron chi connectivity index (χ2n) is 1.90. The molecule has 1 aromatic rings. The van der Waals surface area contributed by atoms with Gasteiger partial charge < -0.3 is 0 Å². The summed E-state index contributed by atoms with van der Waals surface area (Å²) >= 11 is 0. The minimum atomic E-state index is -0.472. The van der Waals surface area contributed by atoms with Crippen molar-refractivity contribution in [2.24, 2.45) is 5.11 Å². The van der Waals surface area contributed by atoms with E-state index in [1.165, 1.54) is 24.3 Å². The average molecular weight is 152 g/mol. The summed E-state index contributed by atoms with van der Waals surface area (Å²) in [5, 5.41) is 13.5. The van der Waals surface area contributed by atoms with Gasteiger partial charge in [-0.2, -0.15) is 5.53 Å². The van der Waals surface area contributed by atoms with E-state index in [0.717, 1.165) is 0 Å². The van der Waals surface area contributed by atoms with E-state index in [-0.39, 0.29) is 5.69 Å². The zero-order valence-corrected chi connectivity index (χ0v) is 5.60. The summed E-state index contributed by atoms with van der Waals surface area (Å²) in [6.07, 6.45) is 0. The molecule has 5 heteroatoms. The molecule has 0 spiro atoms. The fourth-order valence-electron chi connectivity index (χ4n) is 0.660. The molecule has 0 radical (unpaired) electrons. The van der Waals surface area contributed by atoms with E-state index >= 15 is 0 Å².